The van der Waals surface area contributed by atoms with Crippen LogP contribution in [0.25, 0.3) is 0 Å². The molecule has 130 valence electrons. The number of hydrogen-bond acceptors (Lipinski definition) is 4. The Hall–Kier alpha value is -1.14. The molecule has 0 aliphatic carbocycles. The van der Waals surface area contributed by atoms with Gasteiger partial charge in [0.2, 0.25) is 0 Å². The Morgan fingerprint density at radius 1 is 0.591 bits per heavy atom. The van der Waals surface area contributed by atoms with Crippen LogP contribution in [0.15, 0.2) is 0 Å². The van der Waals surface area contributed by atoms with Gasteiger partial charge in [-0.2, -0.15) is 0 Å². The van der Waals surface area contributed by atoms with Crippen LogP contribution in [-0.4, -0.2) is 68.2 Å². The first kappa shape index (κ1) is 20.9. The maximum Gasteiger partial charge on any atom is 0.255 e. The molecule has 0 unspecified atom stereocenters. The van der Waals surface area contributed by atoms with E-state index in [1.54, 1.807) is 0 Å². The molecule has 0 saturated heterocycles. The third kappa shape index (κ3) is 4.95. The second kappa shape index (κ2) is 8.48. The molecular weight excluding hydrogens is 284 g/mol. The second-order valence-corrected chi connectivity index (χ2v) is 6.76. The van der Waals surface area contributed by atoms with Gasteiger partial charge in [0, 0.05) is 24.2 Å². The Morgan fingerprint density at radius 2 is 0.773 bits per heavy atom. The molecule has 22 heavy (non-hydrogen) atoms. The highest BCUT2D eigenvalue weighted by atomic mass is 16.3. The summed E-state index contributed by atoms with van der Waals surface area (Å²) in [5.74, 6) is -1.25. The van der Waals surface area contributed by atoms with Gasteiger partial charge < -0.3 is 20.0 Å². The number of carbonyl (C=O) groups excluding carboxylic acids is 2. The molecule has 0 aromatic carbocycles. The summed E-state index contributed by atoms with van der Waals surface area (Å²) in [6.45, 7) is 14.6. The third-order valence-electron chi connectivity index (χ3n) is 3.54. The third-order valence-corrected chi connectivity index (χ3v) is 3.54. The summed E-state index contributed by atoms with van der Waals surface area (Å²) in [6.07, 6.45) is -3.51. The van der Waals surface area contributed by atoms with Crippen LogP contribution in [0.1, 0.15) is 55.4 Å². The fourth-order valence-electron chi connectivity index (χ4n) is 2.79. The molecule has 0 saturated carbocycles. The Kier molecular flexibility index (Phi) is 8.04. The Balaban J connectivity index is 5.23. The van der Waals surface area contributed by atoms with Crippen molar-refractivity contribution < 1.29 is 19.8 Å². The molecule has 2 amide bonds. The van der Waals surface area contributed by atoms with Crippen LogP contribution in [0, 0.1) is 0 Å². The molecule has 0 aromatic heterocycles. The smallest absolute Gasteiger partial charge is 0.255 e. The van der Waals surface area contributed by atoms with Crippen LogP contribution in [0.5, 0.6) is 0 Å². The number of aliphatic hydroxyl groups excluding tert-OH is 2. The number of nitrogens with zero attached hydrogens (tertiary/aromatic N) is 2. The average molecular weight is 316 g/mol. The van der Waals surface area contributed by atoms with E-state index in [0.717, 1.165) is 0 Å². The SMILES string of the molecule is CC(C)N(C(=O)[C@H](O)[C@@H](O)C(=O)N(C(C)C)C(C)C)C(C)C. The summed E-state index contributed by atoms with van der Waals surface area (Å²) in [4.78, 5) is 27.7. The van der Waals surface area contributed by atoms with E-state index in [9.17, 15) is 19.8 Å². The van der Waals surface area contributed by atoms with Gasteiger partial charge in [-0.05, 0) is 55.4 Å². The lowest BCUT2D eigenvalue weighted by atomic mass is 10.1. The summed E-state index contributed by atoms with van der Waals surface area (Å²) < 4.78 is 0. The van der Waals surface area contributed by atoms with Gasteiger partial charge >= 0.3 is 0 Å². The molecule has 2 atom stereocenters. The number of hydrogen-bond donors (Lipinski definition) is 2. The van der Waals surface area contributed by atoms with E-state index in [1.165, 1.54) is 9.80 Å². The van der Waals surface area contributed by atoms with Gasteiger partial charge in [-0.25, -0.2) is 0 Å². The van der Waals surface area contributed by atoms with Crippen molar-refractivity contribution >= 4 is 11.8 Å². The lowest BCUT2D eigenvalue weighted by Crippen LogP contribution is -2.56. The van der Waals surface area contributed by atoms with Crippen molar-refractivity contribution in [3.63, 3.8) is 0 Å². The van der Waals surface area contributed by atoms with Gasteiger partial charge in [-0.3, -0.25) is 9.59 Å². The zero-order chi connectivity index (χ0) is 17.8. The highest BCUT2D eigenvalue weighted by molar-refractivity contribution is 5.91. The summed E-state index contributed by atoms with van der Waals surface area (Å²) in [5.41, 5.74) is 0. The van der Waals surface area contributed by atoms with E-state index in [0.29, 0.717) is 0 Å². The quantitative estimate of drug-likeness (QED) is 0.734. The van der Waals surface area contributed by atoms with E-state index >= 15 is 0 Å². The first-order chi connectivity index (χ1) is 9.93. The van der Waals surface area contributed by atoms with Crippen molar-refractivity contribution in [3.05, 3.63) is 0 Å². The lowest BCUT2D eigenvalue weighted by Gasteiger charge is -2.36. The van der Waals surface area contributed by atoms with Crippen LogP contribution in [-0.2, 0) is 9.59 Å². The molecule has 0 fully saturated rings. The van der Waals surface area contributed by atoms with Crippen LogP contribution >= 0.6 is 0 Å². The molecule has 6 heteroatoms. The molecule has 0 bridgehead atoms. The molecule has 0 radical (unpaired) electrons. The number of carbonyl (C=O) groups is 2. The minimum atomic E-state index is -1.75. The van der Waals surface area contributed by atoms with Crippen LogP contribution < -0.4 is 0 Å². The summed E-state index contributed by atoms with van der Waals surface area (Å²) in [6, 6.07) is -0.516. The van der Waals surface area contributed by atoms with Gasteiger partial charge in [0.15, 0.2) is 12.2 Å². The first-order valence-corrected chi connectivity index (χ1v) is 7.93. The van der Waals surface area contributed by atoms with Crippen molar-refractivity contribution in [3.8, 4) is 0 Å². The number of rotatable bonds is 7. The van der Waals surface area contributed by atoms with E-state index < -0.39 is 24.0 Å². The Labute approximate surface area is 134 Å². The minimum Gasteiger partial charge on any atom is -0.380 e. The molecule has 2 N–H and O–H groups in total. The van der Waals surface area contributed by atoms with Crippen LogP contribution in [0.3, 0.4) is 0 Å². The number of amides is 2. The van der Waals surface area contributed by atoms with E-state index in [2.05, 4.69) is 0 Å². The normalized spacial score (nSPS) is 14.6. The highest BCUT2D eigenvalue weighted by Gasteiger charge is 2.38. The fourth-order valence-corrected chi connectivity index (χ4v) is 2.79. The summed E-state index contributed by atoms with van der Waals surface area (Å²) in [7, 11) is 0. The van der Waals surface area contributed by atoms with E-state index in [4.69, 9.17) is 0 Å². The molecule has 0 rings (SSSR count). The Morgan fingerprint density at radius 3 is 0.909 bits per heavy atom. The van der Waals surface area contributed by atoms with Gasteiger partial charge in [0.05, 0.1) is 0 Å². The van der Waals surface area contributed by atoms with Crippen LogP contribution in [0.4, 0.5) is 0 Å². The predicted molar refractivity (Wildman–Crippen MR) is 86.2 cm³/mol. The zero-order valence-corrected chi connectivity index (χ0v) is 15.1. The second-order valence-electron chi connectivity index (χ2n) is 6.76. The van der Waals surface area contributed by atoms with E-state index in [1.807, 2.05) is 55.4 Å². The van der Waals surface area contributed by atoms with Gasteiger partial charge in [-0.1, -0.05) is 0 Å². The highest BCUT2D eigenvalue weighted by Crippen LogP contribution is 2.14. The molecule has 0 heterocycles. The fraction of sp³-hybridized carbons (Fsp3) is 0.875. The topological polar surface area (TPSA) is 81.1 Å². The van der Waals surface area contributed by atoms with Crippen molar-refractivity contribution in [1.82, 2.24) is 9.80 Å². The van der Waals surface area contributed by atoms with Crippen molar-refractivity contribution in [2.75, 3.05) is 0 Å². The molecule has 0 aromatic rings. The van der Waals surface area contributed by atoms with Crippen molar-refractivity contribution in [2.45, 2.75) is 91.8 Å². The lowest BCUT2D eigenvalue weighted by molar-refractivity contribution is -0.162. The maximum absolute atomic E-state index is 12.4. The first-order valence-electron chi connectivity index (χ1n) is 7.93. The summed E-state index contributed by atoms with van der Waals surface area (Å²) >= 11 is 0. The van der Waals surface area contributed by atoms with Gasteiger partial charge in [0.1, 0.15) is 0 Å². The zero-order valence-electron chi connectivity index (χ0n) is 15.1. The molecule has 6 nitrogen and oxygen atoms in total. The Bertz CT molecular complexity index is 328. The van der Waals surface area contributed by atoms with Crippen molar-refractivity contribution in [2.24, 2.45) is 0 Å². The minimum absolute atomic E-state index is 0.129. The summed E-state index contributed by atoms with van der Waals surface area (Å²) in [5, 5.41) is 20.3. The maximum atomic E-state index is 12.4. The van der Waals surface area contributed by atoms with Gasteiger partial charge in [0.25, 0.3) is 11.8 Å². The molecular formula is C16H32N2O4. The molecule has 0 spiro atoms. The largest absolute Gasteiger partial charge is 0.380 e. The van der Waals surface area contributed by atoms with Gasteiger partial charge in [-0.15, -0.1) is 0 Å². The van der Waals surface area contributed by atoms with Crippen molar-refractivity contribution in [1.29, 1.82) is 0 Å². The monoisotopic (exact) mass is 316 g/mol. The average Bonchev–Trinajstić information content (AvgIpc) is 2.34. The standard InChI is InChI=1S/C16H32N2O4/c1-9(2)17(10(3)4)15(21)13(19)14(20)16(22)18(11(5)6)12(7)8/h9-14,19-20H,1-8H3/t13-,14-/m1/s1. The van der Waals surface area contributed by atoms with E-state index in [-0.39, 0.29) is 24.2 Å². The van der Waals surface area contributed by atoms with Crippen LogP contribution in [0.2, 0.25) is 0 Å². The number of aliphatic hydroxyl groups is 2. The molecule has 0 aliphatic rings. The molecule has 0 aliphatic heterocycles. The predicted octanol–water partition coefficient (Wildman–Crippen LogP) is 0.999.